The Bertz CT molecular complexity index is 479. The Morgan fingerprint density at radius 2 is 2.10 bits per heavy atom. The standard InChI is InChI=1S/C15H21FN2O2/c1-20-13-9-5-6-10(16)14(13)15(19)18-12-8-4-2-3-7-11(12)17/h5-6,9,11-12H,2-4,7-8,17H2,1H3,(H,18,19). The van der Waals surface area contributed by atoms with Crippen molar-refractivity contribution in [2.24, 2.45) is 5.73 Å². The summed E-state index contributed by atoms with van der Waals surface area (Å²) in [5.74, 6) is -0.795. The van der Waals surface area contributed by atoms with E-state index in [9.17, 15) is 9.18 Å². The van der Waals surface area contributed by atoms with Crippen LogP contribution in [-0.4, -0.2) is 25.1 Å². The Kier molecular flexibility index (Phi) is 4.95. The van der Waals surface area contributed by atoms with Gasteiger partial charge in [0.05, 0.1) is 7.11 Å². The van der Waals surface area contributed by atoms with Crippen LogP contribution in [0.1, 0.15) is 42.5 Å². The molecule has 2 rings (SSSR count). The van der Waals surface area contributed by atoms with Gasteiger partial charge in [-0.25, -0.2) is 4.39 Å². The largest absolute Gasteiger partial charge is 0.496 e. The fourth-order valence-electron chi connectivity index (χ4n) is 2.65. The lowest BCUT2D eigenvalue weighted by molar-refractivity contribution is 0.0921. The van der Waals surface area contributed by atoms with Crippen molar-refractivity contribution in [2.75, 3.05) is 7.11 Å². The molecule has 110 valence electrons. The molecule has 0 heterocycles. The topological polar surface area (TPSA) is 64.3 Å². The van der Waals surface area contributed by atoms with Gasteiger partial charge in [-0.15, -0.1) is 0 Å². The van der Waals surface area contributed by atoms with E-state index in [-0.39, 0.29) is 23.4 Å². The van der Waals surface area contributed by atoms with Gasteiger partial charge in [-0.1, -0.05) is 25.3 Å². The fourth-order valence-corrected chi connectivity index (χ4v) is 2.65. The highest BCUT2D eigenvalue weighted by Crippen LogP contribution is 2.22. The summed E-state index contributed by atoms with van der Waals surface area (Å²) in [6.07, 6.45) is 4.97. The summed E-state index contributed by atoms with van der Waals surface area (Å²) in [7, 11) is 1.42. The minimum Gasteiger partial charge on any atom is -0.496 e. The molecular formula is C15H21FN2O2. The van der Waals surface area contributed by atoms with Gasteiger partial charge >= 0.3 is 0 Å². The molecule has 2 unspecified atom stereocenters. The highest BCUT2D eigenvalue weighted by molar-refractivity contribution is 5.97. The van der Waals surface area contributed by atoms with Crippen LogP contribution in [0.2, 0.25) is 0 Å². The molecule has 3 N–H and O–H groups in total. The van der Waals surface area contributed by atoms with Gasteiger partial charge in [-0.3, -0.25) is 4.79 Å². The first kappa shape index (κ1) is 14.8. The van der Waals surface area contributed by atoms with Crippen LogP contribution in [0, 0.1) is 5.82 Å². The van der Waals surface area contributed by atoms with Gasteiger partial charge in [0.1, 0.15) is 17.1 Å². The second-order valence-corrected chi connectivity index (χ2v) is 5.20. The van der Waals surface area contributed by atoms with Crippen molar-refractivity contribution in [1.29, 1.82) is 0 Å². The van der Waals surface area contributed by atoms with Gasteiger partial charge in [0.2, 0.25) is 0 Å². The Morgan fingerprint density at radius 3 is 2.85 bits per heavy atom. The van der Waals surface area contributed by atoms with Crippen LogP contribution in [0.4, 0.5) is 4.39 Å². The third-order valence-electron chi connectivity index (χ3n) is 3.81. The van der Waals surface area contributed by atoms with Crippen LogP contribution in [-0.2, 0) is 0 Å². The Hall–Kier alpha value is -1.62. The van der Waals surface area contributed by atoms with Gasteiger partial charge in [-0.2, -0.15) is 0 Å². The second-order valence-electron chi connectivity index (χ2n) is 5.20. The molecule has 4 nitrogen and oxygen atoms in total. The molecule has 1 aromatic rings. The average molecular weight is 280 g/mol. The van der Waals surface area contributed by atoms with Crippen molar-refractivity contribution in [2.45, 2.75) is 44.2 Å². The molecular weight excluding hydrogens is 259 g/mol. The molecule has 1 fully saturated rings. The smallest absolute Gasteiger partial charge is 0.258 e. The molecule has 0 bridgehead atoms. The summed E-state index contributed by atoms with van der Waals surface area (Å²) < 4.78 is 18.9. The number of carbonyl (C=O) groups excluding carboxylic acids is 1. The number of carbonyl (C=O) groups is 1. The number of ether oxygens (including phenoxy) is 1. The zero-order valence-electron chi connectivity index (χ0n) is 11.7. The third kappa shape index (κ3) is 3.28. The van der Waals surface area contributed by atoms with E-state index in [2.05, 4.69) is 5.32 Å². The summed E-state index contributed by atoms with van der Waals surface area (Å²) in [4.78, 5) is 12.3. The zero-order chi connectivity index (χ0) is 14.5. The van der Waals surface area contributed by atoms with Gasteiger partial charge in [-0.05, 0) is 25.0 Å². The second kappa shape index (κ2) is 6.70. The average Bonchev–Trinajstić information content (AvgIpc) is 2.63. The van der Waals surface area contributed by atoms with Crippen molar-refractivity contribution in [3.63, 3.8) is 0 Å². The first-order valence-corrected chi connectivity index (χ1v) is 7.02. The van der Waals surface area contributed by atoms with E-state index in [1.807, 2.05) is 0 Å². The SMILES string of the molecule is COc1cccc(F)c1C(=O)NC1CCCCCC1N. The van der Waals surface area contributed by atoms with Crippen LogP contribution in [0.5, 0.6) is 5.75 Å². The van der Waals surface area contributed by atoms with Crippen LogP contribution >= 0.6 is 0 Å². The molecule has 0 aromatic heterocycles. The first-order valence-electron chi connectivity index (χ1n) is 7.02. The van der Waals surface area contributed by atoms with Crippen molar-refractivity contribution >= 4 is 5.91 Å². The highest BCUT2D eigenvalue weighted by atomic mass is 19.1. The van der Waals surface area contributed by atoms with E-state index in [1.54, 1.807) is 6.07 Å². The molecule has 20 heavy (non-hydrogen) atoms. The minimum atomic E-state index is -0.580. The molecule has 1 saturated carbocycles. The fraction of sp³-hybridized carbons (Fsp3) is 0.533. The number of halogens is 1. The molecule has 5 heteroatoms. The minimum absolute atomic E-state index is 0.0496. The maximum atomic E-state index is 13.8. The van der Waals surface area contributed by atoms with E-state index < -0.39 is 11.7 Å². The van der Waals surface area contributed by atoms with Crippen molar-refractivity contribution in [3.8, 4) is 5.75 Å². The Labute approximate surface area is 118 Å². The van der Waals surface area contributed by atoms with Gasteiger partial charge in [0.15, 0.2) is 0 Å². The number of nitrogens with one attached hydrogen (secondary N) is 1. The Balaban J connectivity index is 2.15. The van der Waals surface area contributed by atoms with Crippen LogP contribution in [0.15, 0.2) is 18.2 Å². The number of methoxy groups -OCH3 is 1. The zero-order valence-corrected chi connectivity index (χ0v) is 11.7. The predicted molar refractivity (Wildman–Crippen MR) is 75.3 cm³/mol. The monoisotopic (exact) mass is 280 g/mol. The van der Waals surface area contributed by atoms with E-state index >= 15 is 0 Å². The highest BCUT2D eigenvalue weighted by Gasteiger charge is 2.25. The molecule has 1 aromatic carbocycles. The molecule has 1 aliphatic carbocycles. The summed E-state index contributed by atoms with van der Waals surface area (Å²) in [5.41, 5.74) is 6.02. The predicted octanol–water partition coefficient (Wildman–Crippen LogP) is 2.22. The number of benzene rings is 1. The van der Waals surface area contributed by atoms with E-state index in [4.69, 9.17) is 10.5 Å². The molecule has 0 aliphatic heterocycles. The van der Waals surface area contributed by atoms with Crippen molar-refractivity contribution in [3.05, 3.63) is 29.6 Å². The molecule has 1 aliphatic rings. The van der Waals surface area contributed by atoms with Gasteiger partial charge < -0.3 is 15.8 Å². The summed E-state index contributed by atoms with van der Waals surface area (Å²) in [6, 6.07) is 4.17. The molecule has 1 amide bonds. The van der Waals surface area contributed by atoms with E-state index in [0.717, 1.165) is 32.1 Å². The van der Waals surface area contributed by atoms with Gasteiger partial charge in [0, 0.05) is 12.1 Å². The number of hydrogen-bond acceptors (Lipinski definition) is 3. The van der Waals surface area contributed by atoms with E-state index in [1.165, 1.54) is 19.2 Å². The summed E-state index contributed by atoms with van der Waals surface area (Å²) in [5, 5.41) is 2.86. The van der Waals surface area contributed by atoms with Crippen LogP contribution in [0.25, 0.3) is 0 Å². The summed E-state index contributed by atoms with van der Waals surface area (Å²) >= 11 is 0. The maximum Gasteiger partial charge on any atom is 0.258 e. The Morgan fingerprint density at radius 1 is 1.35 bits per heavy atom. The lowest BCUT2D eigenvalue weighted by Crippen LogP contribution is -2.47. The van der Waals surface area contributed by atoms with Crippen LogP contribution < -0.4 is 15.8 Å². The number of nitrogens with two attached hydrogens (primary N) is 1. The third-order valence-corrected chi connectivity index (χ3v) is 3.81. The van der Waals surface area contributed by atoms with Crippen molar-refractivity contribution in [1.82, 2.24) is 5.32 Å². The van der Waals surface area contributed by atoms with E-state index in [0.29, 0.717) is 0 Å². The number of hydrogen-bond donors (Lipinski definition) is 2. The quantitative estimate of drug-likeness (QED) is 0.834. The van der Waals surface area contributed by atoms with Gasteiger partial charge in [0.25, 0.3) is 5.91 Å². The summed E-state index contributed by atoms with van der Waals surface area (Å²) in [6.45, 7) is 0. The molecule has 0 spiro atoms. The first-order chi connectivity index (χ1) is 9.63. The molecule has 2 atom stereocenters. The lowest BCUT2D eigenvalue weighted by atomic mass is 10.0. The normalized spacial score (nSPS) is 22.9. The lowest BCUT2D eigenvalue weighted by Gasteiger charge is -2.23. The molecule has 0 radical (unpaired) electrons. The van der Waals surface area contributed by atoms with Crippen molar-refractivity contribution < 1.29 is 13.9 Å². The van der Waals surface area contributed by atoms with Crippen LogP contribution in [0.3, 0.4) is 0 Å². The number of amides is 1. The molecule has 0 saturated heterocycles. The maximum absolute atomic E-state index is 13.8. The number of rotatable bonds is 3.